The first kappa shape index (κ1) is 17.6. The van der Waals surface area contributed by atoms with E-state index in [4.69, 9.17) is 4.43 Å². The molecule has 0 N–H and O–H groups in total. The van der Waals surface area contributed by atoms with E-state index in [1.165, 1.54) is 18.2 Å². The number of rotatable bonds is 4. The maximum absolute atomic E-state index is 13.9. The van der Waals surface area contributed by atoms with Crippen LogP contribution in [0.3, 0.4) is 0 Å². The molecule has 0 saturated carbocycles. The van der Waals surface area contributed by atoms with E-state index in [1.807, 2.05) is 0 Å². The second kappa shape index (κ2) is 6.41. The smallest absolute Gasteiger partial charge is 0.246 e. The van der Waals surface area contributed by atoms with E-state index in [0.29, 0.717) is 12.0 Å². The lowest BCUT2D eigenvalue weighted by atomic mass is 9.95. The standard InChI is InChI=1S/C16H12F5OSi/c1-16(2,22-23)7-8-4-3-5-9(6-8)10-11(17)13(19)15(21)14(20)12(10)18/h3-6H,7H2,1-2H3. The van der Waals surface area contributed by atoms with E-state index in [2.05, 4.69) is 10.5 Å². The van der Waals surface area contributed by atoms with Gasteiger partial charge in [0.05, 0.1) is 11.2 Å². The fourth-order valence-corrected chi connectivity index (χ4v) is 2.29. The van der Waals surface area contributed by atoms with Crippen LogP contribution >= 0.6 is 0 Å². The summed E-state index contributed by atoms with van der Waals surface area (Å²) in [5, 5.41) is 0. The highest BCUT2D eigenvalue weighted by atomic mass is 28.2. The third kappa shape index (κ3) is 3.45. The molecule has 0 aliphatic carbocycles. The predicted molar refractivity (Wildman–Crippen MR) is 76.3 cm³/mol. The molecule has 2 aromatic rings. The maximum Gasteiger partial charge on any atom is 0.246 e. The van der Waals surface area contributed by atoms with Gasteiger partial charge in [0.15, 0.2) is 23.3 Å². The van der Waals surface area contributed by atoms with Crippen molar-refractivity contribution in [3.63, 3.8) is 0 Å². The van der Waals surface area contributed by atoms with Gasteiger partial charge in [0.25, 0.3) is 0 Å². The summed E-state index contributed by atoms with van der Waals surface area (Å²) >= 11 is 0. The Hall–Kier alpha value is -1.73. The van der Waals surface area contributed by atoms with Gasteiger partial charge in [-0.2, -0.15) is 0 Å². The summed E-state index contributed by atoms with van der Waals surface area (Å²) in [5.41, 5.74) is -1.04. The van der Waals surface area contributed by atoms with Gasteiger partial charge in [-0.05, 0) is 31.4 Å². The normalized spacial score (nSPS) is 11.8. The summed E-state index contributed by atoms with van der Waals surface area (Å²) in [7, 11) is 2.93. The molecule has 121 valence electrons. The average molecular weight is 343 g/mol. The quantitative estimate of drug-likeness (QED) is 0.344. The lowest BCUT2D eigenvalue weighted by molar-refractivity contribution is 0.124. The molecule has 0 unspecified atom stereocenters. The molecule has 2 aromatic carbocycles. The molecule has 0 amide bonds. The molecule has 7 heteroatoms. The summed E-state index contributed by atoms with van der Waals surface area (Å²) in [5.74, 6) is -9.81. The molecule has 0 atom stereocenters. The van der Waals surface area contributed by atoms with Crippen LogP contribution in [0, 0.1) is 29.1 Å². The Balaban J connectivity index is 2.56. The van der Waals surface area contributed by atoms with Crippen LogP contribution < -0.4 is 0 Å². The summed E-state index contributed by atoms with van der Waals surface area (Å²) < 4.78 is 72.6. The predicted octanol–water partition coefficient (Wildman–Crippen LogP) is 4.47. The first-order chi connectivity index (χ1) is 10.7. The van der Waals surface area contributed by atoms with Crippen LogP contribution in [0.2, 0.25) is 0 Å². The van der Waals surface area contributed by atoms with Gasteiger partial charge in [0.2, 0.25) is 16.3 Å². The molecule has 0 spiro atoms. The number of hydrogen-bond acceptors (Lipinski definition) is 1. The second-order valence-corrected chi connectivity index (χ2v) is 5.89. The van der Waals surface area contributed by atoms with E-state index in [1.54, 1.807) is 19.9 Å². The lowest BCUT2D eigenvalue weighted by Gasteiger charge is -2.23. The van der Waals surface area contributed by atoms with E-state index in [9.17, 15) is 22.0 Å². The van der Waals surface area contributed by atoms with Gasteiger partial charge < -0.3 is 4.43 Å². The topological polar surface area (TPSA) is 9.23 Å². The van der Waals surface area contributed by atoms with Gasteiger partial charge in [-0.25, -0.2) is 22.0 Å². The largest absolute Gasteiger partial charge is 0.413 e. The summed E-state index contributed by atoms with van der Waals surface area (Å²) in [6, 6.07) is 5.80. The molecule has 0 heterocycles. The molecule has 0 aromatic heterocycles. The summed E-state index contributed by atoms with van der Waals surface area (Å²) in [6.07, 6.45) is 0.361. The van der Waals surface area contributed by atoms with Gasteiger partial charge in [-0.3, -0.25) is 0 Å². The van der Waals surface area contributed by atoms with Crippen molar-refractivity contribution in [1.29, 1.82) is 0 Å². The molecule has 0 fully saturated rings. The zero-order valence-electron chi connectivity index (χ0n) is 12.3. The first-order valence-electron chi connectivity index (χ1n) is 6.63. The molecule has 0 bridgehead atoms. The van der Waals surface area contributed by atoms with Crippen molar-refractivity contribution in [1.82, 2.24) is 0 Å². The number of halogens is 5. The molecular weight excluding hydrogens is 331 g/mol. The lowest BCUT2D eigenvalue weighted by Crippen LogP contribution is -2.26. The molecule has 1 nitrogen and oxygen atoms in total. The Morgan fingerprint density at radius 2 is 1.43 bits per heavy atom. The fraction of sp³-hybridized carbons (Fsp3) is 0.250. The van der Waals surface area contributed by atoms with Crippen molar-refractivity contribution in [2.24, 2.45) is 0 Å². The van der Waals surface area contributed by atoms with Gasteiger partial charge in [0, 0.05) is 0 Å². The highest BCUT2D eigenvalue weighted by Gasteiger charge is 2.27. The Labute approximate surface area is 133 Å². The zero-order valence-corrected chi connectivity index (χ0v) is 13.3. The molecule has 2 rings (SSSR count). The van der Waals surface area contributed by atoms with E-state index >= 15 is 0 Å². The molecule has 0 saturated heterocycles. The van der Waals surface area contributed by atoms with E-state index in [0.717, 1.165) is 0 Å². The van der Waals surface area contributed by atoms with Crippen LogP contribution in [0.5, 0.6) is 0 Å². The zero-order chi connectivity index (χ0) is 17.4. The van der Waals surface area contributed by atoms with E-state index < -0.39 is 40.3 Å². The monoisotopic (exact) mass is 343 g/mol. The molecule has 0 aliphatic rings. The fourth-order valence-electron chi connectivity index (χ4n) is 2.22. The second-order valence-electron chi connectivity index (χ2n) is 5.68. The third-order valence-corrected chi connectivity index (χ3v) is 3.88. The van der Waals surface area contributed by atoms with Crippen molar-refractivity contribution >= 4 is 10.5 Å². The Morgan fingerprint density at radius 3 is 1.96 bits per heavy atom. The minimum atomic E-state index is -2.17. The Bertz CT molecular complexity index is 716. The van der Waals surface area contributed by atoms with Crippen molar-refractivity contribution in [3.8, 4) is 11.1 Å². The Morgan fingerprint density at radius 1 is 0.913 bits per heavy atom. The van der Waals surface area contributed by atoms with Gasteiger partial charge in [-0.15, -0.1) is 0 Å². The van der Waals surface area contributed by atoms with Crippen LogP contribution in [0.4, 0.5) is 22.0 Å². The molecular formula is C16H12F5OSi. The van der Waals surface area contributed by atoms with Crippen LogP contribution in [0.1, 0.15) is 19.4 Å². The van der Waals surface area contributed by atoms with E-state index in [-0.39, 0.29) is 5.56 Å². The van der Waals surface area contributed by atoms with Crippen LogP contribution in [-0.4, -0.2) is 16.1 Å². The minimum Gasteiger partial charge on any atom is -0.413 e. The minimum absolute atomic E-state index is 0.0972. The van der Waals surface area contributed by atoms with Gasteiger partial charge in [0.1, 0.15) is 0 Å². The molecule has 23 heavy (non-hydrogen) atoms. The highest BCUT2D eigenvalue weighted by Crippen LogP contribution is 2.32. The first-order valence-corrected chi connectivity index (χ1v) is 7.04. The van der Waals surface area contributed by atoms with Crippen molar-refractivity contribution < 1.29 is 26.4 Å². The maximum atomic E-state index is 13.9. The van der Waals surface area contributed by atoms with Gasteiger partial charge >= 0.3 is 0 Å². The third-order valence-electron chi connectivity index (χ3n) is 3.33. The van der Waals surface area contributed by atoms with Crippen molar-refractivity contribution in [2.45, 2.75) is 25.9 Å². The van der Waals surface area contributed by atoms with Gasteiger partial charge in [-0.1, -0.05) is 24.3 Å². The highest BCUT2D eigenvalue weighted by molar-refractivity contribution is 5.98. The van der Waals surface area contributed by atoms with Crippen molar-refractivity contribution in [3.05, 3.63) is 58.9 Å². The van der Waals surface area contributed by atoms with Crippen molar-refractivity contribution in [2.75, 3.05) is 0 Å². The number of benzene rings is 2. The molecule has 0 aliphatic heterocycles. The Kier molecular flexibility index (Phi) is 4.91. The average Bonchev–Trinajstić information content (AvgIpc) is 2.51. The SMILES string of the molecule is CC(C)(Cc1cccc(-c2c(F)c(F)c(F)c(F)c2F)c1)O[Si]. The van der Waals surface area contributed by atoms with Crippen LogP contribution in [0.15, 0.2) is 24.3 Å². The van der Waals surface area contributed by atoms with Crippen LogP contribution in [0.25, 0.3) is 11.1 Å². The van der Waals surface area contributed by atoms with Crippen LogP contribution in [-0.2, 0) is 10.8 Å². The number of hydrogen-bond donors (Lipinski definition) is 0. The summed E-state index contributed by atoms with van der Waals surface area (Å²) in [6.45, 7) is 3.54. The summed E-state index contributed by atoms with van der Waals surface area (Å²) in [4.78, 5) is 0. The molecule has 3 radical (unpaired) electrons.